The van der Waals surface area contributed by atoms with Gasteiger partial charge in [-0.2, -0.15) is 0 Å². The van der Waals surface area contributed by atoms with E-state index in [2.05, 4.69) is 9.97 Å². The second kappa shape index (κ2) is 5.77. The monoisotopic (exact) mass is 263 g/mol. The molecule has 6 nitrogen and oxygen atoms in total. The van der Waals surface area contributed by atoms with Gasteiger partial charge in [-0.3, -0.25) is 9.59 Å². The molecule has 102 valence electrons. The van der Waals surface area contributed by atoms with Crippen LogP contribution >= 0.6 is 0 Å². The van der Waals surface area contributed by atoms with Crippen LogP contribution in [0.1, 0.15) is 35.4 Å². The van der Waals surface area contributed by atoms with Gasteiger partial charge in [0.05, 0.1) is 6.42 Å². The van der Waals surface area contributed by atoms with Crippen LogP contribution in [0.3, 0.4) is 0 Å². The first-order chi connectivity index (χ1) is 9.06. The summed E-state index contributed by atoms with van der Waals surface area (Å²) in [5.74, 6) is -0.591. The standard InChI is InChI=1S/C13H17N3O3/c1-9-6-11(15-8-14-9)13(19)16(5-4-12(17)18)7-10-2-3-10/h6,8,10H,2-5,7H2,1H3,(H,17,18). The number of aryl methyl sites for hydroxylation is 1. The zero-order valence-electron chi connectivity index (χ0n) is 10.9. The van der Waals surface area contributed by atoms with E-state index in [-0.39, 0.29) is 18.9 Å². The molecule has 1 aliphatic rings. The van der Waals surface area contributed by atoms with Gasteiger partial charge in [0.25, 0.3) is 5.91 Å². The van der Waals surface area contributed by atoms with Crippen LogP contribution in [0, 0.1) is 12.8 Å². The molecule has 1 heterocycles. The Hall–Kier alpha value is -1.98. The highest BCUT2D eigenvalue weighted by atomic mass is 16.4. The number of carbonyl (C=O) groups excluding carboxylic acids is 1. The SMILES string of the molecule is Cc1cc(C(=O)N(CCC(=O)O)CC2CC2)ncn1. The van der Waals surface area contributed by atoms with E-state index in [1.165, 1.54) is 6.33 Å². The molecule has 2 rings (SSSR count). The Kier molecular flexibility index (Phi) is 4.09. The van der Waals surface area contributed by atoms with Crippen molar-refractivity contribution in [3.63, 3.8) is 0 Å². The fourth-order valence-electron chi connectivity index (χ4n) is 1.85. The molecule has 0 aliphatic heterocycles. The third-order valence-electron chi connectivity index (χ3n) is 3.08. The van der Waals surface area contributed by atoms with Gasteiger partial charge in [0, 0.05) is 18.8 Å². The topological polar surface area (TPSA) is 83.4 Å². The number of hydrogen-bond donors (Lipinski definition) is 1. The predicted octanol–water partition coefficient (Wildman–Crippen LogP) is 1.11. The highest BCUT2D eigenvalue weighted by molar-refractivity contribution is 5.92. The van der Waals surface area contributed by atoms with Gasteiger partial charge in [0.2, 0.25) is 0 Å². The highest BCUT2D eigenvalue weighted by Gasteiger charge is 2.28. The van der Waals surface area contributed by atoms with E-state index in [0.29, 0.717) is 18.2 Å². The lowest BCUT2D eigenvalue weighted by atomic mass is 10.2. The first-order valence-electron chi connectivity index (χ1n) is 6.36. The maximum atomic E-state index is 12.3. The van der Waals surface area contributed by atoms with Gasteiger partial charge in [-0.05, 0) is 31.7 Å². The lowest BCUT2D eigenvalue weighted by Crippen LogP contribution is -2.35. The van der Waals surface area contributed by atoms with Crippen molar-refractivity contribution in [1.82, 2.24) is 14.9 Å². The van der Waals surface area contributed by atoms with E-state index in [1.54, 1.807) is 17.9 Å². The molecule has 0 radical (unpaired) electrons. The number of carbonyl (C=O) groups is 2. The van der Waals surface area contributed by atoms with E-state index in [9.17, 15) is 9.59 Å². The second-order valence-corrected chi connectivity index (χ2v) is 4.88. The Morgan fingerprint density at radius 1 is 1.42 bits per heavy atom. The molecule has 0 spiro atoms. The molecule has 6 heteroatoms. The Bertz CT molecular complexity index is 486. The van der Waals surface area contributed by atoms with Crippen molar-refractivity contribution in [2.24, 2.45) is 5.92 Å². The largest absolute Gasteiger partial charge is 0.481 e. The molecule has 19 heavy (non-hydrogen) atoms. The molecule has 1 N–H and O–H groups in total. The van der Waals surface area contributed by atoms with Crippen LogP contribution in [0.4, 0.5) is 0 Å². The van der Waals surface area contributed by atoms with Gasteiger partial charge >= 0.3 is 5.97 Å². The third-order valence-corrected chi connectivity index (χ3v) is 3.08. The highest BCUT2D eigenvalue weighted by Crippen LogP contribution is 2.30. The fourth-order valence-corrected chi connectivity index (χ4v) is 1.85. The molecule has 1 aromatic heterocycles. The number of nitrogens with zero attached hydrogens (tertiary/aromatic N) is 3. The Labute approximate surface area is 111 Å². The zero-order chi connectivity index (χ0) is 13.8. The van der Waals surface area contributed by atoms with Crippen molar-refractivity contribution in [3.8, 4) is 0 Å². The van der Waals surface area contributed by atoms with Crippen molar-refractivity contribution in [2.45, 2.75) is 26.2 Å². The molecule has 1 fully saturated rings. The lowest BCUT2D eigenvalue weighted by Gasteiger charge is -2.21. The van der Waals surface area contributed by atoms with E-state index in [4.69, 9.17) is 5.11 Å². The maximum Gasteiger partial charge on any atom is 0.305 e. The number of amides is 1. The van der Waals surface area contributed by atoms with Crippen molar-refractivity contribution < 1.29 is 14.7 Å². The molecule has 1 aliphatic carbocycles. The maximum absolute atomic E-state index is 12.3. The molecular weight excluding hydrogens is 246 g/mol. The van der Waals surface area contributed by atoms with E-state index >= 15 is 0 Å². The van der Waals surface area contributed by atoms with E-state index in [0.717, 1.165) is 18.5 Å². The summed E-state index contributed by atoms with van der Waals surface area (Å²) in [7, 11) is 0. The summed E-state index contributed by atoms with van der Waals surface area (Å²) >= 11 is 0. The molecule has 1 amide bonds. The normalized spacial score (nSPS) is 14.2. The summed E-state index contributed by atoms with van der Waals surface area (Å²) in [6, 6.07) is 1.63. The van der Waals surface area contributed by atoms with Crippen molar-refractivity contribution in [2.75, 3.05) is 13.1 Å². The number of hydrogen-bond acceptors (Lipinski definition) is 4. The predicted molar refractivity (Wildman–Crippen MR) is 67.6 cm³/mol. The third kappa shape index (κ3) is 4.01. The first-order valence-corrected chi connectivity index (χ1v) is 6.36. The Morgan fingerprint density at radius 3 is 2.74 bits per heavy atom. The van der Waals surface area contributed by atoms with Crippen LogP contribution in [-0.2, 0) is 4.79 Å². The van der Waals surface area contributed by atoms with Crippen LogP contribution in [0.5, 0.6) is 0 Å². The lowest BCUT2D eigenvalue weighted by molar-refractivity contribution is -0.137. The molecule has 0 unspecified atom stereocenters. The average molecular weight is 263 g/mol. The number of aromatic nitrogens is 2. The smallest absolute Gasteiger partial charge is 0.305 e. The second-order valence-electron chi connectivity index (χ2n) is 4.88. The fraction of sp³-hybridized carbons (Fsp3) is 0.538. The van der Waals surface area contributed by atoms with Gasteiger partial charge in [0.1, 0.15) is 12.0 Å². The van der Waals surface area contributed by atoms with Crippen LogP contribution in [0.2, 0.25) is 0 Å². The summed E-state index contributed by atoms with van der Waals surface area (Å²) in [6.07, 6.45) is 3.54. The van der Waals surface area contributed by atoms with Crippen LogP contribution < -0.4 is 0 Å². The average Bonchev–Trinajstić information content (AvgIpc) is 3.17. The van der Waals surface area contributed by atoms with E-state index in [1.807, 2.05) is 0 Å². The molecule has 1 saturated carbocycles. The van der Waals surface area contributed by atoms with Gasteiger partial charge in [-0.1, -0.05) is 0 Å². The first kappa shape index (κ1) is 13.5. The minimum Gasteiger partial charge on any atom is -0.481 e. The summed E-state index contributed by atoms with van der Waals surface area (Å²) in [5, 5.41) is 8.74. The van der Waals surface area contributed by atoms with Gasteiger partial charge in [0.15, 0.2) is 0 Å². The molecule has 0 saturated heterocycles. The van der Waals surface area contributed by atoms with Crippen LogP contribution in [0.25, 0.3) is 0 Å². The summed E-state index contributed by atoms with van der Waals surface area (Å²) < 4.78 is 0. The van der Waals surface area contributed by atoms with Gasteiger partial charge in [-0.25, -0.2) is 9.97 Å². The molecule has 0 aromatic carbocycles. The minimum absolute atomic E-state index is 0.0392. The number of carboxylic acid groups (broad SMARTS) is 1. The summed E-state index contributed by atoms with van der Waals surface area (Å²) in [4.78, 5) is 32.5. The Balaban J connectivity index is 2.07. The van der Waals surface area contributed by atoms with Gasteiger partial charge < -0.3 is 10.0 Å². The Morgan fingerprint density at radius 2 is 2.16 bits per heavy atom. The summed E-state index contributed by atoms with van der Waals surface area (Å²) in [6.45, 7) is 2.64. The van der Waals surface area contributed by atoms with Gasteiger partial charge in [-0.15, -0.1) is 0 Å². The quantitative estimate of drug-likeness (QED) is 0.831. The number of aliphatic carboxylic acids is 1. The number of carboxylic acids is 1. The van der Waals surface area contributed by atoms with Crippen molar-refractivity contribution in [3.05, 3.63) is 23.8 Å². The summed E-state index contributed by atoms with van der Waals surface area (Å²) in [5.41, 5.74) is 1.06. The minimum atomic E-state index is -0.896. The zero-order valence-corrected chi connectivity index (χ0v) is 10.9. The molecular formula is C13H17N3O3. The van der Waals surface area contributed by atoms with Crippen molar-refractivity contribution in [1.29, 1.82) is 0 Å². The molecule has 0 bridgehead atoms. The molecule has 0 atom stereocenters. The van der Waals surface area contributed by atoms with E-state index < -0.39 is 5.97 Å². The van der Waals surface area contributed by atoms with Crippen molar-refractivity contribution >= 4 is 11.9 Å². The van der Waals surface area contributed by atoms with Crippen LogP contribution in [0.15, 0.2) is 12.4 Å². The molecule has 1 aromatic rings. The van der Waals surface area contributed by atoms with Crippen LogP contribution in [-0.4, -0.2) is 44.9 Å². The number of rotatable bonds is 6.